The van der Waals surface area contributed by atoms with Gasteiger partial charge >= 0.3 is 0 Å². The van der Waals surface area contributed by atoms with Gasteiger partial charge in [-0.15, -0.1) is 0 Å². The van der Waals surface area contributed by atoms with Crippen molar-refractivity contribution in [3.05, 3.63) is 530 Å². The highest BCUT2D eigenvalue weighted by atomic mass is 14.8. The van der Waals surface area contributed by atoms with E-state index in [9.17, 15) is 0 Å². The number of fused-ring (bicyclic) bond motifs is 13. The molecule has 6 heteroatoms. The molecule has 0 spiro atoms. The predicted octanol–water partition coefficient (Wildman–Crippen LogP) is 38.8. The molecule has 0 radical (unpaired) electrons. The normalized spacial score (nSPS) is 11.5. The maximum Gasteiger partial charge on any atom is 0.0978 e. The summed E-state index contributed by atoms with van der Waals surface area (Å²) in [5.74, 6) is 0. The lowest BCUT2D eigenvalue weighted by Crippen LogP contribution is -2.01. The van der Waals surface area contributed by atoms with Crippen LogP contribution in [0.2, 0.25) is 0 Å². The molecule has 710 valence electrons. The summed E-state index contributed by atoms with van der Waals surface area (Å²) in [5, 5.41) is 16.2. The zero-order valence-corrected chi connectivity index (χ0v) is 84.9. The summed E-state index contributed by atoms with van der Waals surface area (Å²) in [7, 11) is 0. The van der Waals surface area contributed by atoms with Crippen LogP contribution in [0.1, 0.15) is 44.5 Å². The molecular weight excluding hydrogens is 1810 g/mol. The standard InChI is InChI=1S/C54H44N2.C46H32N2.C44H28N2/c1-33-29-35(3)51(37(5)49(33)41-23-15-9-16-24-41)47-31-45(39-19-11-7-12-20-39)43-27-28-44-46(40-21-13-8-14-22-40)32-48(56-54(44)53(43)55-47)52-36(4)30-34(2)50(38(52)6)42-25-17-10-18-26-42;1-29-13-9-19-33-21-11-23-37(43(29)33)41-27-39(31-15-5-3-6-16-31)35-25-26-36-40(32-17-7-4-8-18-32)28-42(48-46(36)45(35)47-41)38-24-12-22-34-20-10-14-30(2)44(34)38;1-3-13-31(14-4-1)39-27-41(35-23-11-19-29-17-7-9-21-33(29)35)45-43-37(39)25-26-38-40(32-15-5-2-6-16-32)28-42(46-44(38)43)36-24-12-20-30-18-8-10-22-34(30)36/h7-32H,1-6H3;3-28H,1-2H3;1-28H. The van der Waals surface area contributed by atoms with Crippen molar-refractivity contribution < 1.29 is 0 Å². The third-order valence-electron chi connectivity index (χ3n) is 30.3. The molecule has 27 aromatic rings. The van der Waals surface area contributed by atoms with E-state index in [0.717, 1.165) is 189 Å². The van der Waals surface area contributed by atoms with Gasteiger partial charge < -0.3 is 0 Å². The van der Waals surface area contributed by atoms with Gasteiger partial charge in [-0.05, 0) is 268 Å². The van der Waals surface area contributed by atoms with Gasteiger partial charge in [0.1, 0.15) is 0 Å². The molecule has 0 bridgehead atoms. The quantitative estimate of drug-likeness (QED) is 0.101. The molecule has 21 aromatic carbocycles. The molecular formula is C144H104N6. The molecule has 0 N–H and O–H groups in total. The van der Waals surface area contributed by atoms with E-state index in [4.69, 9.17) is 29.9 Å². The molecule has 0 atom stereocenters. The van der Waals surface area contributed by atoms with Crippen LogP contribution in [0.25, 0.3) is 265 Å². The summed E-state index contributed by atoms with van der Waals surface area (Å²) >= 11 is 0. The zero-order chi connectivity index (χ0) is 101. The Hall–Kier alpha value is -18.9. The van der Waals surface area contributed by atoms with Crippen LogP contribution in [-0.4, -0.2) is 29.9 Å². The van der Waals surface area contributed by atoms with Crippen molar-refractivity contribution in [3.8, 4) is 157 Å². The number of aromatic nitrogens is 6. The molecule has 0 aliphatic rings. The van der Waals surface area contributed by atoms with Crippen molar-refractivity contribution in [1.29, 1.82) is 0 Å². The highest BCUT2D eigenvalue weighted by Gasteiger charge is 2.28. The second-order valence-electron chi connectivity index (χ2n) is 39.6. The Morgan fingerprint density at radius 2 is 0.327 bits per heavy atom. The van der Waals surface area contributed by atoms with Crippen molar-refractivity contribution in [2.24, 2.45) is 0 Å². The topological polar surface area (TPSA) is 77.3 Å². The van der Waals surface area contributed by atoms with E-state index in [1.807, 2.05) is 0 Å². The molecule has 0 saturated carbocycles. The lowest BCUT2D eigenvalue weighted by Gasteiger charge is -2.21. The summed E-state index contributed by atoms with van der Waals surface area (Å²) in [5.41, 5.74) is 46.6. The van der Waals surface area contributed by atoms with Crippen molar-refractivity contribution in [1.82, 2.24) is 29.9 Å². The Morgan fingerprint density at radius 3 is 0.600 bits per heavy atom. The molecule has 150 heavy (non-hydrogen) atoms. The van der Waals surface area contributed by atoms with Crippen LogP contribution in [0.4, 0.5) is 0 Å². The number of hydrogen-bond donors (Lipinski definition) is 0. The van der Waals surface area contributed by atoms with Gasteiger partial charge in [0.15, 0.2) is 0 Å². The first-order chi connectivity index (χ1) is 73.7. The molecule has 0 unspecified atom stereocenters. The minimum Gasteiger partial charge on any atom is -0.245 e. The van der Waals surface area contributed by atoms with Crippen molar-refractivity contribution in [2.75, 3.05) is 0 Å². The van der Waals surface area contributed by atoms with Gasteiger partial charge in [0.2, 0.25) is 0 Å². The van der Waals surface area contributed by atoms with E-state index in [2.05, 4.69) is 541 Å². The van der Waals surface area contributed by atoms with Gasteiger partial charge in [-0.3, -0.25) is 0 Å². The molecule has 0 fully saturated rings. The van der Waals surface area contributed by atoms with E-state index >= 15 is 0 Å². The third kappa shape index (κ3) is 16.9. The van der Waals surface area contributed by atoms with E-state index < -0.39 is 0 Å². The minimum absolute atomic E-state index is 0.904. The van der Waals surface area contributed by atoms with Crippen molar-refractivity contribution >= 4 is 109 Å². The number of pyridine rings is 6. The molecule has 0 aliphatic carbocycles. The summed E-state index contributed by atoms with van der Waals surface area (Å²) in [6, 6.07) is 173. The van der Waals surface area contributed by atoms with Crippen LogP contribution >= 0.6 is 0 Å². The van der Waals surface area contributed by atoms with Crippen LogP contribution in [0.3, 0.4) is 0 Å². The first-order valence-electron chi connectivity index (χ1n) is 51.7. The average molecular weight is 1920 g/mol. The number of aryl methyl sites for hydroxylation is 6. The van der Waals surface area contributed by atoms with Gasteiger partial charge in [-0.1, -0.05) is 449 Å². The van der Waals surface area contributed by atoms with Gasteiger partial charge in [0.05, 0.1) is 67.3 Å². The summed E-state index contributed by atoms with van der Waals surface area (Å²) in [4.78, 5) is 33.4. The van der Waals surface area contributed by atoms with Crippen LogP contribution < -0.4 is 0 Å². The maximum absolute atomic E-state index is 5.68. The summed E-state index contributed by atoms with van der Waals surface area (Å²) in [6.07, 6.45) is 0. The molecule has 6 heterocycles. The smallest absolute Gasteiger partial charge is 0.0978 e. The first-order valence-corrected chi connectivity index (χ1v) is 51.7. The average Bonchev–Trinajstić information content (AvgIpc) is 0.740. The SMILES string of the molecule is Cc1cc(C)c(-c2cc(-c3ccccc3)c3ccc4c(-c5ccccc5)cc(-c5c(C)cc(C)c(-c6ccccc6)c5C)nc4c3n2)c(C)c1-c1ccccc1.Cc1cccc2cccc(-c3cc(-c4ccccc4)c4ccc5c(-c6ccccc6)cc(-c6cccc7cccc(C)c67)nc5c4n3)c12.c1ccc(-c2cc(-c3cccc4ccccc34)nc3c2ccc2c(-c4ccccc4)cc(-c4cccc5ccccc45)nc23)cc1. The fourth-order valence-electron chi connectivity index (χ4n) is 23.5. The highest BCUT2D eigenvalue weighted by Crippen LogP contribution is 2.50. The van der Waals surface area contributed by atoms with Crippen LogP contribution in [-0.2, 0) is 0 Å². The fraction of sp³-hybridized carbons (Fsp3) is 0.0556. The van der Waals surface area contributed by atoms with Crippen LogP contribution in [0, 0.1) is 55.4 Å². The Kier molecular flexibility index (Phi) is 24.1. The lowest BCUT2D eigenvalue weighted by molar-refractivity contribution is 1.27. The van der Waals surface area contributed by atoms with Crippen molar-refractivity contribution in [3.63, 3.8) is 0 Å². The second-order valence-corrected chi connectivity index (χ2v) is 39.6. The summed E-state index contributed by atoms with van der Waals surface area (Å²) < 4.78 is 0. The molecule has 6 aromatic heterocycles. The van der Waals surface area contributed by atoms with Gasteiger partial charge in [0, 0.05) is 65.7 Å². The molecule has 0 aliphatic heterocycles. The fourth-order valence-corrected chi connectivity index (χ4v) is 23.5. The second kappa shape index (κ2) is 39.2. The van der Waals surface area contributed by atoms with Crippen LogP contribution in [0.5, 0.6) is 0 Å². The Balaban J connectivity index is 0.000000117. The maximum atomic E-state index is 5.68. The Morgan fingerprint density at radius 1 is 0.127 bits per heavy atom. The van der Waals surface area contributed by atoms with Gasteiger partial charge in [0.25, 0.3) is 0 Å². The van der Waals surface area contributed by atoms with Crippen molar-refractivity contribution in [2.45, 2.75) is 55.4 Å². The third-order valence-corrected chi connectivity index (χ3v) is 30.3. The molecule has 27 rings (SSSR count). The molecule has 0 saturated heterocycles. The van der Waals surface area contributed by atoms with Gasteiger partial charge in [-0.2, -0.15) is 0 Å². The number of rotatable bonds is 14. The minimum atomic E-state index is 0.904. The molecule has 0 amide bonds. The van der Waals surface area contributed by atoms with E-state index in [0.29, 0.717) is 0 Å². The van der Waals surface area contributed by atoms with Crippen LogP contribution in [0.15, 0.2) is 485 Å². The van der Waals surface area contributed by atoms with E-state index in [1.54, 1.807) is 0 Å². The monoisotopic (exact) mass is 1920 g/mol. The zero-order valence-electron chi connectivity index (χ0n) is 84.9. The number of hydrogen-bond acceptors (Lipinski definition) is 6. The van der Waals surface area contributed by atoms with Gasteiger partial charge in [-0.25, -0.2) is 29.9 Å². The largest absolute Gasteiger partial charge is 0.245 e. The molecule has 6 nitrogen and oxygen atoms in total. The lowest BCUT2D eigenvalue weighted by atomic mass is 9.86. The Labute approximate surface area is 873 Å². The Bertz CT molecular complexity index is 9400. The highest BCUT2D eigenvalue weighted by molar-refractivity contribution is 6.19. The number of benzene rings is 21. The first kappa shape index (κ1) is 92.3. The summed E-state index contributed by atoms with van der Waals surface area (Å²) in [6.45, 7) is 17.8. The van der Waals surface area contributed by atoms with E-state index in [1.165, 1.54) is 121 Å². The predicted molar refractivity (Wildman–Crippen MR) is 635 cm³/mol. The number of nitrogens with zero attached hydrogens (tertiary/aromatic N) is 6. The van der Waals surface area contributed by atoms with E-state index in [-0.39, 0.29) is 0 Å².